The number of aryl methyl sites for hydroxylation is 1. The van der Waals surface area contributed by atoms with Crippen LogP contribution in [0.1, 0.15) is 12.6 Å². The fourth-order valence-electron chi connectivity index (χ4n) is 1.83. The first-order valence-corrected chi connectivity index (χ1v) is 5.31. The number of carbonyl (C=O) groups is 1. The smallest absolute Gasteiger partial charge is 0.306 e. The van der Waals surface area contributed by atoms with Gasteiger partial charge in [0.1, 0.15) is 5.82 Å². The molecule has 2 aromatic rings. The van der Waals surface area contributed by atoms with Gasteiger partial charge in [-0.1, -0.05) is 6.92 Å². The molecule has 0 spiro atoms. The van der Waals surface area contributed by atoms with E-state index in [1.54, 1.807) is 24.6 Å². The summed E-state index contributed by atoms with van der Waals surface area (Å²) < 4.78 is 14.8. The molecule has 0 saturated carbocycles. The fraction of sp³-hybridized carbons (Fsp3) is 0.333. The van der Waals surface area contributed by atoms with E-state index in [0.717, 1.165) is 11.9 Å². The summed E-state index contributed by atoms with van der Waals surface area (Å²) in [5.74, 6) is -1.70. The second-order valence-electron chi connectivity index (χ2n) is 4.20. The third kappa shape index (κ3) is 2.13. The van der Waals surface area contributed by atoms with Gasteiger partial charge in [0.25, 0.3) is 0 Å². The zero-order valence-corrected chi connectivity index (χ0v) is 9.64. The predicted molar refractivity (Wildman–Crippen MR) is 61.2 cm³/mol. The van der Waals surface area contributed by atoms with Crippen LogP contribution in [-0.4, -0.2) is 20.6 Å². The highest BCUT2D eigenvalue weighted by Crippen LogP contribution is 2.19. The Bertz CT molecular complexity index is 577. The van der Waals surface area contributed by atoms with Crippen molar-refractivity contribution in [2.75, 3.05) is 0 Å². The van der Waals surface area contributed by atoms with Gasteiger partial charge in [-0.3, -0.25) is 9.78 Å². The summed E-state index contributed by atoms with van der Waals surface area (Å²) in [4.78, 5) is 14.8. The van der Waals surface area contributed by atoms with Crippen molar-refractivity contribution in [3.05, 3.63) is 29.8 Å². The Morgan fingerprint density at radius 3 is 2.94 bits per heavy atom. The van der Waals surface area contributed by atoms with Crippen LogP contribution in [0, 0.1) is 11.7 Å². The Balaban J connectivity index is 2.42. The lowest BCUT2D eigenvalue weighted by Gasteiger charge is -2.07. The van der Waals surface area contributed by atoms with Gasteiger partial charge in [0.05, 0.1) is 23.1 Å². The molecular formula is C12H13FN2O2. The summed E-state index contributed by atoms with van der Waals surface area (Å²) in [6.07, 6.45) is 1.57. The minimum absolute atomic E-state index is 0.392. The van der Waals surface area contributed by atoms with Gasteiger partial charge in [-0.25, -0.2) is 4.39 Å². The van der Waals surface area contributed by atoms with Crippen molar-refractivity contribution >= 4 is 17.0 Å². The van der Waals surface area contributed by atoms with Crippen LogP contribution in [0.5, 0.6) is 0 Å². The predicted octanol–water partition coefficient (Wildman–Crippen LogP) is 1.98. The summed E-state index contributed by atoms with van der Waals surface area (Å²) in [5, 5.41) is 8.87. The topological polar surface area (TPSA) is 55.1 Å². The van der Waals surface area contributed by atoms with Gasteiger partial charge in [0, 0.05) is 25.2 Å². The number of fused-ring (bicyclic) bond motifs is 1. The summed E-state index contributed by atoms with van der Waals surface area (Å²) in [6, 6.07) is 3.20. The molecule has 1 unspecified atom stereocenters. The van der Waals surface area contributed by atoms with Crippen LogP contribution in [0.4, 0.5) is 4.39 Å². The Kier molecular flexibility index (Phi) is 2.83. The molecule has 0 aliphatic carbocycles. The molecular weight excluding hydrogens is 223 g/mol. The molecule has 0 bridgehead atoms. The third-order valence-electron chi connectivity index (χ3n) is 2.90. The van der Waals surface area contributed by atoms with Gasteiger partial charge in [-0.05, 0) is 6.07 Å². The monoisotopic (exact) mass is 236 g/mol. The number of aliphatic carboxylic acids is 1. The molecule has 0 aromatic carbocycles. The van der Waals surface area contributed by atoms with Crippen molar-refractivity contribution in [3.8, 4) is 0 Å². The SMILES string of the molecule is CC(Cc1cc2ncc(F)cc2n1C)C(=O)O. The van der Waals surface area contributed by atoms with Gasteiger partial charge in [-0.15, -0.1) is 0 Å². The molecule has 1 atom stereocenters. The second-order valence-corrected chi connectivity index (χ2v) is 4.20. The standard InChI is InChI=1S/C12H13FN2O2/c1-7(12(16)17)3-9-5-10-11(15(9)2)4-8(13)6-14-10/h4-7H,3H2,1-2H3,(H,16,17). The van der Waals surface area contributed by atoms with Crippen molar-refractivity contribution in [3.63, 3.8) is 0 Å². The van der Waals surface area contributed by atoms with Gasteiger partial charge < -0.3 is 9.67 Å². The van der Waals surface area contributed by atoms with Crippen molar-refractivity contribution in [1.82, 2.24) is 9.55 Å². The number of carboxylic acid groups (broad SMARTS) is 1. The molecule has 0 aliphatic rings. The van der Waals surface area contributed by atoms with Crippen molar-refractivity contribution < 1.29 is 14.3 Å². The van der Waals surface area contributed by atoms with Crippen LogP contribution < -0.4 is 0 Å². The summed E-state index contributed by atoms with van der Waals surface area (Å²) in [7, 11) is 1.79. The number of hydrogen-bond acceptors (Lipinski definition) is 2. The lowest BCUT2D eigenvalue weighted by Crippen LogP contribution is -2.14. The molecule has 0 saturated heterocycles. The van der Waals surface area contributed by atoms with Crippen LogP contribution in [0.2, 0.25) is 0 Å². The van der Waals surface area contributed by atoms with Crippen LogP contribution in [0.25, 0.3) is 11.0 Å². The molecule has 2 aromatic heterocycles. The Morgan fingerprint density at radius 2 is 2.29 bits per heavy atom. The molecule has 0 fully saturated rings. The minimum atomic E-state index is -0.839. The molecule has 17 heavy (non-hydrogen) atoms. The number of hydrogen-bond donors (Lipinski definition) is 1. The van der Waals surface area contributed by atoms with Crippen molar-refractivity contribution in [2.24, 2.45) is 13.0 Å². The number of rotatable bonds is 3. The Hall–Kier alpha value is -1.91. The van der Waals surface area contributed by atoms with Crippen molar-refractivity contribution in [1.29, 1.82) is 0 Å². The van der Waals surface area contributed by atoms with Crippen LogP contribution in [0.3, 0.4) is 0 Å². The summed E-state index contributed by atoms with van der Waals surface area (Å²) >= 11 is 0. The van der Waals surface area contributed by atoms with E-state index in [2.05, 4.69) is 4.98 Å². The molecule has 1 N–H and O–H groups in total. The quantitative estimate of drug-likeness (QED) is 0.886. The number of halogens is 1. The number of nitrogens with zero attached hydrogens (tertiary/aromatic N) is 2. The first kappa shape index (κ1) is 11.6. The highest BCUT2D eigenvalue weighted by atomic mass is 19.1. The number of pyridine rings is 1. The average molecular weight is 236 g/mol. The van der Waals surface area contributed by atoms with Crippen LogP contribution in [-0.2, 0) is 18.3 Å². The van der Waals surface area contributed by atoms with E-state index in [-0.39, 0.29) is 0 Å². The Labute approximate surface area is 97.7 Å². The van der Waals surface area contributed by atoms with Gasteiger partial charge in [0.2, 0.25) is 0 Å². The molecule has 4 nitrogen and oxygen atoms in total. The molecule has 2 rings (SSSR count). The first-order valence-electron chi connectivity index (χ1n) is 5.31. The van der Waals surface area contributed by atoms with E-state index in [1.165, 1.54) is 6.07 Å². The maximum Gasteiger partial charge on any atom is 0.306 e. The van der Waals surface area contributed by atoms with Gasteiger partial charge in [-0.2, -0.15) is 0 Å². The maximum absolute atomic E-state index is 13.0. The fourth-order valence-corrected chi connectivity index (χ4v) is 1.83. The number of carboxylic acids is 1. The molecule has 5 heteroatoms. The molecule has 90 valence electrons. The van der Waals surface area contributed by atoms with E-state index < -0.39 is 17.7 Å². The minimum Gasteiger partial charge on any atom is -0.481 e. The van der Waals surface area contributed by atoms with E-state index in [0.29, 0.717) is 17.5 Å². The lowest BCUT2D eigenvalue weighted by molar-refractivity contribution is -0.141. The highest BCUT2D eigenvalue weighted by molar-refractivity contribution is 5.77. The van der Waals surface area contributed by atoms with Gasteiger partial charge >= 0.3 is 5.97 Å². The maximum atomic E-state index is 13.0. The van der Waals surface area contributed by atoms with Crippen LogP contribution >= 0.6 is 0 Å². The molecule has 0 radical (unpaired) electrons. The van der Waals surface area contributed by atoms with E-state index in [4.69, 9.17) is 5.11 Å². The summed E-state index contributed by atoms with van der Waals surface area (Å²) in [5.41, 5.74) is 2.20. The zero-order chi connectivity index (χ0) is 12.6. The van der Waals surface area contributed by atoms with Crippen LogP contribution in [0.15, 0.2) is 18.3 Å². The number of aromatic nitrogens is 2. The van der Waals surface area contributed by atoms with E-state index in [9.17, 15) is 9.18 Å². The van der Waals surface area contributed by atoms with Gasteiger partial charge in [0.15, 0.2) is 0 Å². The molecule has 0 aliphatic heterocycles. The lowest BCUT2D eigenvalue weighted by atomic mass is 10.1. The van der Waals surface area contributed by atoms with E-state index in [1.807, 2.05) is 0 Å². The van der Waals surface area contributed by atoms with E-state index >= 15 is 0 Å². The first-order chi connectivity index (χ1) is 7.99. The second kappa shape index (κ2) is 4.16. The Morgan fingerprint density at radius 1 is 1.59 bits per heavy atom. The third-order valence-corrected chi connectivity index (χ3v) is 2.90. The molecule has 0 amide bonds. The zero-order valence-electron chi connectivity index (χ0n) is 9.64. The highest BCUT2D eigenvalue weighted by Gasteiger charge is 2.15. The molecule has 2 heterocycles. The van der Waals surface area contributed by atoms with Crippen molar-refractivity contribution in [2.45, 2.75) is 13.3 Å². The average Bonchev–Trinajstić information content (AvgIpc) is 2.56. The normalized spacial score (nSPS) is 12.9. The largest absolute Gasteiger partial charge is 0.481 e. The summed E-state index contributed by atoms with van der Waals surface area (Å²) in [6.45, 7) is 1.65.